The van der Waals surface area contributed by atoms with Crippen molar-refractivity contribution in [1.29, 1.82) is 0 Å². The van der Waals surface area contributed by atoms with Crippen LogP contribution in [0, 0.1) is 0 Å². The third-order valence-electron chi connectivity index (χ3n) is 3.40. The second-order valence-electron chi connectivity index (χ2n) is 4.99. The number of nitrogens with zero attached hydrogens (tertiary/aromatic N) is 1. The molecule has 134 valence electrons. The number of thiazole rings is 1. The minimum absolute atomic E-state index is 0.0922. The number of carbonyl (C=O) groups excluding carboxylic acids is 2. The van der Waals surface area contributed by atoms with E-state index >= 15 is 0 Å². The van der Waals surface area contributed by atoms with Gasteiger partial charge in [0.05, 0.1) is 20.5 Å². The molecular weight excluding hydrogens is 358 g/mol. The third-order valence-corrected chi connectivity index (χ3v) is 4.29. The van der Waals surface area contributed by atoms with Gasteiger partial charge in [-0.1, -0.05) is 0 Å². The first-order valence-electron chi connectivity index (χ1n) is 7.44. The average Bonchev–Trinajstić information content (AvgIpc) is 3.37. The van der Waals surface area contributed by atoms with Crippen LogP contribution in [0.5, 0.6) is 11.5 Å². The summed E-state index contributed by atoms with van der Waals surface area (Å²) < 4.78 is 15.4. The molecule has 3 aromatic rings. The highest BCUT2D eigenvalue weighted by Gasteiger charge is 2.15. The van der Waals surface area contributed by atoms with Gasteiger partial charge in [0.1, 0.15) is 10.7 Å². The van der Waals surface area contributed by atoms with E-state index in [1.54, 1.807) is 37.8 Å². The van der Waals surface area contributed by atoms with E-state index < -0.39 is 11.8 Å². The molecular formula is C17H15N3O5S. The Hall–Kier alpha value is -3.33. The Morgan fingerprint density at radius 1 is 1.08 bits per heavy atom. The van der Waals surface area contributed by atoms with Crippen LogP contribution < -0.4 is 20.3 Å². The number of methoxy groups -OCH3 is 2. The topological polar surface area (TPSA) is 103 Å². The molecule has 0 unspecified atom stereocenters. The van der Waals surface area contributed by atoms with Gasteiger partial charge in [-0.15, -0.1) is 11.3 Å². The summed E-state index contributed by atoms with van der Waals surface area (Å²) in [5, 5.41) is 2.23. The Labute approximate surface area is 152 Å². The van der Waals surface area contributed by atoms with Gasteiger partial charge in [-0.25, -0.2) is 4.98 Å². The van der Waals surface area contributed by atoms with Crippen LogP contribution in [-0.2, 0) is 0 Å². The fourth-order valence-corrected chi connectivity index (χ4v) is 2.92. The fourth-order valence-electron chi connectivity index (χ4n) is 2.13. The number of nitrogens with one attached hydrogen (secondary N) is 2. The second kappa shape index (κ2) is 7.70. The molecule has 0 saturated carbocycles. The molecule has 1 aromatic carbocycles. The number of rotatable bonds is 5. The number of hydrazine groups is 1. The zero-order valence-electron chi connectivity index (χ0n) is 13.9. The fraction of sp³-hybridized carbons (Fsp3) is 0.118. The molecule has 0 aliphatic carbocycles. The van der Waals surface area contributed by atoms with Crippen LogP contribution in [0.25, 0.3) is 10.6 Å². The summed E-state index contributed by atoms with van der Waals surface area (Å²) in [5.41, 5.74) is 5.52. The van der Waals surface area contributed by atoms with Crippen molar-refractivity contribution in [3.8, 4) is 22.1 Å². The summed E-state index contributed by atoms with van der Waals surface area (Å²) in [6, 6.07) is 8.42. The average molecular weight is 373 g/mol. The Morgan fingerprint density at radius 2 is 1.85 bits per heavy atom. The lowest BCUT2D eigenvalue weighted by molar-refractivity contribution is 0.0829. The standard InChI is InChI=1S/C17H15N3O5S/c1-23-12-6-5-10(8-14(12)24-2)17-18-11(9-26-17)15(21)19-20-16(22)13-4-3-7-25-13/h3-9H,1-2H3,(H,19,21)(H,20,22). The van der Waals surface area contributed by atoms with E-state index in [-0.39, 0.29) is 11.5 Å². The number of hydrogen-bond acceptors (Lipinski definition) is 7. The van der Waals surface area contributed by atoms with Crippen molar-refractivity contribution >= 4 is 23.2 Å². The Morgan fingerprint density at radius 3 is 2.54 bits per heavy atom. The highest BCUT2D eigenvalue weighted by molar-refractivity contribution is 7.13. The lowest BCUT2D eigenvalue weighted by Crippen LogP contribution is -2.41. The van der Waals surface area contributed by atoms with E-state index in [1.807, 2.05) is 6.07 Å². The smallest absolute Gasteiger partial charge is 0.305 e. The minimum Gasteiger partial charge on any atom is -0.493 e. The first-order chi connectivity index (χ1) is 12.6. The van der Waals surface area contributed by atoms with Gasteiger partial charge in [-0.05, 0) is 30.3 Å². The molecule has 0 aliphatic rings. The molecule has 0 bridgehead atoms. The van der Waals surface area contributed by atoms with Crippen molar-refractivity contribution in [2.45, 2.75) is 0 Å². The molecule has 8 nitrogen and oxygen atoms in total. The summed E-state index contributed by atoms with van der Waals surface area (Å²) in [4.78, 5) is 28.2. The third kappa shape index (κ3) is 3.67. The Bertz CT molecular complexity index is 920. The molecule has 2 N–H and O–H groups in total. The predicted molar refractivity (Wildman–Crippen MR) is 94.3 cm³/mol. The summed E-state index contributed by atoms with van der Waals surface area (Å²) in [5.74, 6) is 0.171. The Kier molecular flexibility index (Phi) is 5.18. The van der Waals surface area contributed by atoms with Gasteiger partial charge in [0.2, 0.25) is 0 Å². The first-order valence-corrected chi connectivity index (χ1v) is 8.32. The molecule has 0 aliphatic heterocycles. The minimum atomic E-state index is -0.557. The molecule has 3 rings (SSSR count). The van der Waals surface area contributed by atoms with Crippen molar-refractivity contribution in [3.05, 3.63) is 53.4 Å². The Balaban J connectivity index is 1.69. The molecule has 2 heterocycles. The SMILES string of the molecule is COc1ccc(-c2nc(C(=O)NNC(=O)c3ccco3)cs2)cc1OC. The van der Waals surface area contributed by atoms with Crippen molar-refractivity contribution in [2.75, 3.05) is 14.2 Å². The van der Waals surface area contributed by atoms with Gasteiger partial charge in [0, 0.05) is 10.9 Å². The van der Waals surface area contributed by atoms with Crippen LogP contribution >= 0.6 is 11.3 Å². The number of furan rings is 1. The number of hydrogen-bond donors (Lipinski definition) is 2. The van der Waals surface area contributed by atoms with Crippen molar-refractivity contribution in [1.82, 2.24) is 15.8 Å². The van der Waals surface area contributed by atoms with E-state index in [0.717, 1.165) is 5.56 Å². The zero-order valence-corrected chi connectivity index (χ0v) is 14.8. The maximum Gasteiger partial charge on any atom is 0.305 e. The van der Waals surface area contributed by atoms with Crippen LogP contribution in [0.15, 0.2) is 46.4 Å². The van der Waals surface area contributed by atoms with Crippen molar-refractivity contribution in [2.24, 2.45) is 0 Å². The quantitative estimate of drug-likeness (QED) is 0.666. The van der Waals surface area contributed by atoms with Gasteiger partial charge in [0.15, 0.2) is 17.3 Å². The molecule has 0 fully saturated rings. The molecule has 0 spiro atoms. The van der Waals surface area contributed by atoms with Crippen LogP contribution in [0.4, 0.5) is 0 Å². The molecule has 0 saturated heterocycles. The monoisotopic (exact) mass is 373 g/mol. The van der Waals surface area contributed by atoms with Gasteiger partial charge < -0.3 is 13.9 Å². The number of benzene rings is 1. The van der Waals surface area contributed by atoms with Crippen LogP contribution in [0.2, 0.25) is 0 Å². The van der Waals surface area contributed by atoms with Gasteiger partial charge in [-0.2, -0.15) is 0 Å². The molecule has 26 heavy (non-hydrogen) atoms. The van der Waals surface area contributed by atoms with E-state index in [4.69, 9.17) is 13.9 Å². The highest BCUT2D eigenvalue weighted by Crippen LogP contribution is 2.33. The number of amides is 2. The number of aromatic nitrogens is 1. The summed E-state index contributed by atoms with van der Waals surface area (Å²) in [6.45, 7) is 0. The maximum absolute atomic E-state index is 12.1. The molecule has 9 heteroatoms. The lowest BCUT2D eigenvalue weighted by atomic mass is 10.2. The summed E-state index contributed by atoms with van der Waals surface area (Å²) in [6.07, 6.45) is 1.37. The van der Waals surface area contributed by atoms with E-state index in [0.29, 0.717) is 16.5 Å². The van der Waals surface area contributed by atoms with E-state index in [9.17, 15) is 9.59 Å². The molecule has 0 atom stereocenters. The number of carbonyl (C=O) groups is 2. The summed E-state index contributed by atoms with van der Waals surface area (Å²) in [7, 11) is 3.10. The van der Waals surface area contributed by atoms with Gasteiger partial charge >= 0.3 is 5.91 Å². The number of ether oxygens (including phenoxy) is 2. The summed E-state index contributed by atoms with van der Waals surface area (Å²) >= 11 is 1.30. The van der Waals surface area contributed by atoms with Crippen molar-refractivity contribution < 1.29 is 23.5 Å². The molecule has 0 radical (unpaired) electrons. The van der Waals surface area contributed by atoms with Gasteiger partial charge in [0.25, 0.3) is 5.91 Å². The largest absolute Gasteiger partial charge is 0.493 e. The highest BCUT2D eigenvalue weighted by atomic mass is 32.1. The molecule has 2 aromatic heterocycles. The lowest BCUT2D eigenvalue weighted by Gasteiger charge is -2.08. The maximum atomic E-state index is 12.1. The zero-order chi connectivity index (χ0) is 18.5. The van der Waals surface area contributed by atoms with Crippen LogP contribution in [0.1, 0.15) is 21.0 Å². The predicted octanol–water partition coefficient (Wildman–Crippen LogP) is 2.50. The van der Waals surface area contributed by atoms with E-state index in [2.05, 4.69) is 15.8 Å². The van der Waals surface area contributed by atoms with Gasteiger partial charge in [-0.3, -0.25) is 20.4 Å². The molecule has 2 amide bonds. The van der Waals surface area contributed by atoms with Crippen LogP contribution in [-0.4, -0.2) is 31.0 Å². The first kappa shape index (κ1) is 17.5. The van der Waals surface area contributed by atoms with Crippen LogP contribution in [0.3, 0.4) is 0 Å². The second-order valence-corrected chi connectivity index (χ2v) is 5.85. The normalized spacial score (nSPS) is 10.2. The van der Waals surface area contributed by atoms with Crippen molar-refractivity contribution in [3.63, 3.8) is 0 Å². The van der Waals surface area contributed by atoms with E-state index in [1.165, 1.54) is 23.7 Å².